The third kappa shape index (κ3) is 2.91. The number of para-hydroxylation sites is 1. The van der Waals surface area contributed by atoms with E-state index in [0.29, 0.717) is 6.42 Å². The van der Waals surface area contributed by atoms with Gasteiger partial charge in [0.25, 0.3) is 0 Å². The average molecular weight is 322 g/mol. The SMILES string of the molecule is Cc1ncc2c(n1)CN(CCC(=O)N1CCc3ccccc31)CC2. The maximum atomic E-state index is 12.6. The highest BCUT2D eigenvalue weighted by atomic mass is 16.2. The van der Waals surface area contributed by atoms with Crippen LogP contribution in [0.3, 0.4) is 0 Å². The van der Waals surface area contributed by atoms with E-state index in [1.165, 1.54) is 11.1 Å². The molecule has 0 spiro atoms. The molecule has 0 N–H and O–H groups in total. The van der Waals surface area contributed by atoms with Crippen molar-refractivity contribution >= 4 is 11.6 Å². The van der Waals surface area contributed by atoms with E-state index in [9.17, 15) is 4.79 Å². The molecular weight excluding hydrogens is 300 g/mol. The fourth-order valence-corrected chi connectivity index (χ4v) is 3.63. The number of aryl methyl sites for hydroxylation is 1. The van der Waals surface area contributed by atoms with Crippen molar-refractivity contribution in [2.24, 2.45) is 0 Å². The Labute approximate surface area is 142 Å². The summed E-state index contributed by atoms with van der Waals surface area (Å²) in [7, 11) is 0. The van der Waals surface area contributed by atoms with Crippen molar-refractivity contribution in [2.75, 3.05) is 24.5 Å². The van der Waals surface area contributed by atoms with Crippen LogP contribution in [0.1, 0.15) is 29.1 Å². The molecule has 0 atom stereocenters. The van der Waals surface area contributed by atoms with Crippen molar-refractivity contribution in [1.82, 2.24) is 14.9 Å². The van der Waals surface area contributed by atoms with Gasteiger partial charge in [0, 0.05) is 44.5 Å². The summed E-state index contributed by atoms with van der Waals surface area (Å²) < 4.78 is 0. The molecule has 0 unspecified atom stereocenters. The van der Waals surface area contributed by atoms with Crippen LogP contribution in [0.15, 0.2) is 30.5 Å². The van der Waals surface area contributed by atoms with Gasteiger partial charge >= 0.3 is 0 Å². The summed E-state index contributed by atoms with van der Waals surface area (Å²) in [4.78, 5) is 25.7. The highest BCUT2D eigenvalue weighted by Crippen LogP contribution is 2.28. The molecule has 124 valence electrons. The smallest absolute Gasteiger partial charge is 0.228 e. The molecule has 1 amide bonds. The summed E-state index contributed by atoms with van der Waals surface area (Å²) in [6.07, 6.45) is 4.45. The van der Waals surface area contributed by atoms with E-state index in [4.69, 9.17) is 0 Å². The number of carbonyl (C=O) groups excluding carboxylic acids is 1. The van der Waals surface area contributed by atoms with Crippen LogP contribution in [0, 0.1) is 6.92 Å². The van der Waals surface area contributed by atoms with Crippen molar-refractivity contribution in [2.45, 2.75) is 32.7 Å². The molecule has 3 heterocycles. The predicted molar refractivity (Wildman–Crippen MR) is 92.9 cm³/mol. The fraction of sp³-hybridized carbons (Fsp3) is 0.421. The zero-order chi connectivity index (χ0) is 16.5. The maximum Gasteiger partial charge on any atom is 0.228 e. The van der Waals surface area contributed by atoms with E-state index in [-0.39, 0.29) is 5.91 Å². The van der Waals surface area contributed by atoms with Crippen LogP contribution in [0.4, 0.5) is 5.69 Å². The summed E-state index contributed by atoms with van der Waals surface area (Å²) in [5, 5.41) is 0. The topological polar surface area (TPSA) is 49.3 Å². The molecule has 5 nitrogen and oxygen atoms in total. The molecule has 2 aromatic rings. The van der Waals surface area contributed by atoms with Crippen LogP contribution >= 0.6 is 0 Å². The second kappa shape index (κ2) is 6.32. The molecule has 0 saturated carbocycles. The minimum atomic E-state index is 0.226. The molecule has 0 bridgehead atoms. The number of hydrogen-bond donors (Lipinski definition) is 0. The standard InChI is InChI=1S/C19H22N4O/c1-14-20-12-16-6-9-22(13-17(16)21-14)10-8-19(24)23-11-7-15-4-2-3-5-18(15)23/h2-5,12H,6-11,13H2,1H3. The van der Waals surface area contributed by atoms with Gasteiger partial charge in [0.2, 0.25) is 5.91 Å². The average Bonchev–Trinajstić information content (AvgIpc) is 3.03. The molecule has 5 heteroatoms. The number of amides is 1. The number of anilines is 1. The van der Waals surface area contributed by atoms with Gasteiger partial charge in [-0.2, -0.15) is 0 Å². The Kier molecular flexibility index (Phi) is 4.02. The molecule has 0 aliphatic carbocycles. The summed E-state index contributed by atoms with van der Waals surface area (Å²) in [5.41, 5.74) is 4.74. The Bertz CT molecular complexity index is 774. The summed E-state index contributed by atoms with van der Waals surface area (Å²) in [6, 6.07) is 8.22. The summed E-state index contributed by atoms with van der Waals surface area (Å²) in [6.45, 7) is 5.33. The number of nitrogens with zero attached hydrogens (tertiary/aromatic N) is 4. The summed E-state index contributed by atoms with van der Waals surface area (Å²) >= 11 is 0. The molecule has 2 aliphatic rings. The van der Waals surface area contributed by atoms with Gasteiger partial charge < -0.3 is 4.90 Å². The van der Waals surface area contributed by atoms with Gasteiger partial charge in [0.05, 0.1) is 5.69 Å². The Morgan fingerprint density at radius 3 is 2.92 bits per heavy atom. The van der Waals surface area contributed by atoms with Gasteiger partial charge in [0.15, 0.2) is 0 Å². The van der Waals surface area contributed by atoms with Crippen LogP contribution in [0.2, 0.25) is 0 Å². The molecule has 0 fully saturated rings. The minimum absolute atomic E-state index is 0.226. The van der Waals surface area contributed by atoms with Crippen molar-refractivity contribution in [1.29, 1.82) is 0 Å². The van der Waals surface area contributed by atoms with Crippen molar-refractivity contribution in [3.63, 3.8) is 0 Å². The Morgan fingerprint density at radius 1 is 1.17 bits per heavy atom. The Balaban J connectivity index is 1.37. The van der Waals surface area contributed by atoms with E-state index >= 15 is 0 Å². The van der Waals surface area contributed by atoms with Crippen molar-refractivity contribution in [3.8, 4) is 0 Å². The van der Waals surface area contributed by atoms with Gasteiger partial charge in [-0.05, 0) is 37.0 Å². The fourth-order valence-electron chi connectivity index (χ4n) is 3.63. The first-order valence-electron chi connectivity index (χ1n) is 8.63. The van der Waals surface area contributed by atoms with Gasteiger partial charge in [-0.3, -0.25) is 9.69 Å². The van der Waals surface area contributed by atoms with Gasteiger partial charge in [-0.15, -0.1) is 0 Å². The molecular formula is C19H22N4O. The largest absolute Gasteiger partial charge is 0.312 e. The lowest BCUT2D eigenvalue weighted by molar-refractivity contribution is -0.118. The van der Waals surface area contributed by atoms with Crippen molar-refractivity contribution in [3.05, 3.63) is 53.1 Å². The minimum Gasteiger partial charge on any atom is -0.312 e. The zero-order valence-electron chi connectivity index (χ0n) is 14.0. The monoisotopic (exact) mass is 322 g/mol. The van der Waals surface area contributed by atoms with Gasteiger partial charge in [-0.1, -0.05) is 18.2 Å². The zero-order valence-corrected chi connectivity index (χ0v) is 14.0. The third-order valence-electron chi connectivity index (χ3n) is 4.98. The lowest BCUT2D eigenvalue weighted by Crippen LogP contribution is -2.36. The summed E-state index contributed by atoms with van der Waals surface area (Å²) in [5.74, 6) is 1.05. The van der Waals surface area contributed by atoms with E-state index in [1.54, 1.807) is 0 Å². The van der Waals surface area contributed by atoms with Crippen molar-refractivity contribution < 1.29 is 4.79 Å². The van der Waals surface area contributed by atoms with Gasteiger partial charge in [0.1, 0.15) is 5.82 Å². The molecule has 1 aromatic heterocycles. The van der Waals surface area contributed by atoms with E-state index in [2.05, 4.69) is 27.0 Å². The van der Waals surface area contributed by atoms with Crippen LogP contribution in [-0.2, 0) is 24.2 Å². The molecule has 2 aliphatic heterocycles. The molecule has 0 saturated heterocycles. The lowest BCUT2D eigenvalue weighted by Gasteiger charge is -2.28. The van der Waals surface area contributed by atoms with E-state index in [0.717, 1.165) is 56.2 Å². The third-order valence-corrected chi connectivity index (χ3v) is 4.98. The number of aromatic nitrogens is 2. The normalized spacial score (nSPS) is 16.8. The predicted octanol–water partition coefficient (Wildman–Crippen LogP) is 2.12. The first-order valence-corrected chi connectivity index (χ1v) is 8.63. The second-order valence-electron chi connectivity index (χ2n) is 6.59. The number of benzene rings is 1. The van der Waals surface area contributed by atoms with Crippen LogP contribution in [0.25, 0.3) is 0 Å². The van der Waals surface area contributed by atoms with Crippen LogP contribution in [0.5, 0.6) is 0 Å². The van der Waals surface area contributed by atoms with Crippen LogP contribution < -0.4 is 4.90 Å². The number of fused-ring (bicyclic) bond motifs is 2. The highest BCUT2D eigenvalue weighted by Gasteiger charge is 2.25. The Hall–Kier alpha value is -2.27. The molecule has 0 radical (unpaired) electrons. The highest BCUT2D eigenvalue weighted by molar-refractivity contribution is 5.95. The van der Waals surface area contributed by atoms with Gasteiger partial charge in [-0.25, -0.2) is 9.97 Å². The molecule has 4 rings (SSSR count). The first kappa shape index (κ1) is 15.3. The maximum absolute atomic E-state index is 12.6. The first-order chi connectivity index (χ1) is 11.7. The van der Waals surface area contributed by atoms with E-state index < -0.39 is 0 Å². The molecule has 1 aromatic carbocycles. The number of carbonyl (C=O) groups is 1. The number of rotatable bonds is 3. The molecule has 24 heavy (non-hydrogen) atoms. The number of hydrogen-bond acceptors (Lipinski definition) is 4. The second-order valence-corrected chi connectivity index (χ2v) is 6.59. The van der Waals surface area contributed by atoms with Crippen LogP contribution in [-0.4, -0.2) is 40.4 Å². The Morgan fingerprint density at radius 2 is 2.00 bits per heavy atom. The quantitative estimate of drug-likeness (QED) is 0.868. The lowest BCUT2D eigenvalue weighted by atomic mass is 10.1. The van der Waals surface area contributed by atoms with E-state index in [1.807, 2.05) is 30.2 Å².